The van der Waals surface area contributed by atoms with Crippen LogP contribution in [0.4, 0.5) is 0 Å². The van der Waals surface area contributed by atoms with Gasteiger partial charge >= 0.3 is 5.97 Å². The molecule has 2 rings (SSSR count). The van der Waals surface area contributed by atoms with Crippen molar-refractivity contribution >= 4 is 20.6 Å². The number of carbonyl (C=O) groups excluding carboxylic acids is 2. The van der Waals surface area contributed by atoms with E-state index in [1.807, 2.05) is 6.92 Å². The Hall–Kier alpha value is -1.62. The molecule has 0 aromatic heterocycles. The Bertz CT molecular complexity index is 684. The minimum absolute atomic E-state index is 0.00188. The van der Waals surface area contributed by atoms with Crippen LogP contribution in [0.5, 0.6) is 5.75 Å². The summed E-state index contributed by atoms with van der Waals surface area (Å²) in [7, 11) is -2.16. The van der Waals surface area contributed by atoms with Gasteiger partial charge in [0.15, 0.2) is 0 Å². The lowest BCUT2D eigenvalue weighted by atomic mass is 9.89. The van der Waals surface area contributed by atoms with Crippen LogP contribution >= 0.6 is 0 Å². The van der Waals surface area contributed by atoms with Crippen LogP contribution in [-0.2, 0) is 29.0 Å². The molecule has 1 aromatic carbocycles. The van der Waals surface area contributed by atoms with Crippen molar-refractivity contribution in [3.05, 3.63) is 27.8 Å². The monoisotopic (exact) mass is 348 g/mol. The lowest BCUT2D eigenvalue weighted by Gasteiger charge is -2.38. The van der Waals surface area contributed by atoms with Crippen molar-refractivity contribution in [2.24, 2.45) is 0 Å². The maximum absolute atomic E-state index is 12.4. The number of aldehydes is 1. The zero-order chi connectivity index (χ0) is 18.3. The summed E-state index contributed by atoms with van der Waals surface area (Å²) in [6, 6.07) is 0. The first-order valence-corrected chi connectivity index (χ1v) is 11.4. The van der Waals surface area contributed by atoms with Gasteiger partial charge in [-0.2, -0.15) is 0 Å². The van der Waals surface area contributed by atoms with Gasteiger partial charge in [-0.1, -0.05) is 27.7 Å². The molecular weight excluding hydrogens is 320 g/mol. The third-order valence-electron chi connectivity index (χ3n) is 5.43. The van der Waals surface area contributed by atoms with Crippen molar-refractivity contribution in [2.75, 3.05) is 0 Å². The van der Waals surface area contributed by atoms with Gasteiger partial charge in [-0.25, -0.2) is 4.79 Å². The highest BCUT2D eigenvalue weighted by Crippen LogP contribution is 2.44. The molecule has 0 atom stereocenters. The van der Waals surface area contributed by atoms with Crippen LogP contribution < -0.4 is 4.43 Å². The third kappa shape index (κ3) is 3.01. The normalized spacial score (nSPS) is 14.4. The van der Waals surface area contributed by atoms with E-state index in [9.17, 15) is 9.59 Å². The minimum atomic E-state index is -2.16. The topological polar surface area (TPSA) is 52.6 Å². The van der Waals surface area contributed by atoms with Crippen LogP contribution in [0.1, 0.15) is 60.3 Å². The average Bonchev–Trinajstić information content (AvgIpc) is 2.85. The van der Waals surface area contributed by atoms with Gasteiger partial charge in [0.2, 0.25) is 0 Å². The number of hydrogen-bond donors (Lipinski definition) is 0. The van der Waals surface area contributed by atoms with Crippen molar-refractivity contribution in [3.63, 3.8) is 0 Å². The highest BCUT2D eigenvalue weighted by atomic mass is 28.4. The molecule has 1 aliphatic rings. The van der Waals surface area contributed by atoms with Gasteiger partial charge in [0.1, 0.15) is 24.2 Å². The Balaban J connectivity index is 2.75. The second-order valence-electron chi connectivity index (χ2n) is 7.93. The van der Waals surface area contributed by atoms with E-state index in [2.05, 4.69) is 40.8 Å². The molecule has 0 fully saturated rings. The highest BCUT2D eigenvalue weighted by molar-refractivity contribution is 6.74. The Morgan fingerprint density at radius 2 is 1.88 bits per heavy atom. The smallest absolute Gasteiger partial charge is 0.342 e. The molecule has 0 N–H and O–H groups in total. The first-order valence-electron chi connectivity index (χ1n) is 8.52. The Kier molecular flexibility index (Phi) is 4.95. The second-order valence-corrected chi connectivity index (χ2v) is 12.7. The Labute approximate surface area is 145 Å². The standard InChI is InChI=1S/C19H28O4Si/c1-8-13-12(2)15-11-22-18(21)16(15)17(14(13)9-10-20)23-24(6,7)19(3,4)5/h10H,8-9,11H2,1-7H3. The highest BCUT2D eigenvalue weighted by Gasteiger charge is 2.42. The summed E-state index contributed by atoms with van der Waals surface area (Å²) in [4.78, 5) is 23.6. The van der Waals surface area contributed by atoms with Crippen LogP contribution in [0.25, 0.3) is 0 Å². The van der Waals surface area contributed by atoms with Crippen molar-refractivity contribution in [2.45, 2.75) is 72.2 Å². The lowest BCUT2D eigenvalue weighted by molar-refractivity contribution is -0.107. The molecule has 0 amide bonds. The van der Waals surface area contributed by atoms with E-state index in [0.29, 0.717) is 17.9 Å². The molecule has 5 heteroatoms. The van der Waals surface area contributed by atoms with Gasteiger partial charge in [0, 0.05) is 17.5 Å². The molecule has 0 radical (unpaired) electrons. The molecule has 0 spiro atoms. The number of cyclic esters (lactones) is 1. The molecule has 0 unspecified atom stereocenters. The molecule has 1 aliphatic heterocycles. The van der Waals surface area contributed by atoms with Gasteiger partial charge < -0.3 is 14.0 Å². The average molecular weight is 349 g/mol. The van der Waals surface area contributed by atoms with Crippen LogP contribution in [0.3, 0.4) is 0 Å². The van der Waals surface area contributed by atoms with E-state index >= 15 is 0 Å². The maximum Gasteiger partial charge on any atom is 0.342 e. The van der Waals surface area contributed by atoms with Gasteiger partial charge in [-0.05, 0) is 42.6 Å². The number of hydrogen-bond acceptors (Lipinski definition) is 4. The molecule has 4 nitrogen and oxygen atoms in total. The fraction of sp³-hybridized carbons (Fsp3) is 0.579. The van der Waals surface area contributed by atoms with Gasteiger partial charge in [-0.3, -0.25) is 0 Å². The predicted molar refractivity (Wildman–Crippen MR) is 97.3 cm³/mol. The van der Waals surface area contributed by atoms with Crippen LogP contribution in [0, 0.1) is 6.92 Å². The van der Waals surface area contributed by atoms with Gasteiger partial charge in [0.25, 0.3) is 8.32 Å². The van der Waals surface area contributed by atoms with E-state index < -0.39 is 8.32 Å². The van der Waals surface area contributed by atoms with Crippen LogP contribution in [0.15, 0.2) is 0 Å². The number of carbonyl (C=O) groups is 2. The Morgan fingerprint density at radius 3 is 2.38 bits per heavy atom. The zero-order valence-corrected chi connectivity index (χ0v) is 16.8. The first-order chi connectivity index (χ1) is 11.0. The maximum atomic E-state index is 12.4. The van der Waals surface area contributed by atoms with E-state index in [1.54, 1.807) is 0 Å². The van der Waals surface area contributed by atoms with E-state index in [-0.39, 0.29) is 17.4 Å². The van der Waals surface area contributed by atoms with Crippen LogP contribution in [0.2, 0.25) is 18.1 Å². The van der Waals surface area contributed by atoms with Crippen molar-refractivity contribution < 1.29 is 18.8 Å². The largest absolute Gasteiger partial charge is 0.543 e. The molecular formula is C19H28O4Si. The molecule has 1 aromatic rings. The van der Waals surface area contributed by atoms with Gasteiger partial charge in [-0.15, -0.1) is 0 Å². The fourth-order valence-corrected chi connectivity index (χ4v) is 3.97. The minimum Gasteiger partial charge on any atom is -0.543 e. The van der Waals surface area contributed by atoms with E-state index in [4.69, 9.17) is 9.16 Å². The number of benzene rings is 1. The summed E-state index contributed by atoms with van der Waals surface area (Å²) in [5, 5.41) is -0.00188. The number of esters is 1. The summed E-state index contributed by atoms with van der Waals surface area (Å²) in [5.41, 5.74) is 4.46. The van der Waals surface area contributed by atoms with Gasteiger partial charge in [0.05, 0.1) is 0 Å². The van der Waals surface area contributed by atoms with E-state index in [1.165, 1.54) is 0 Å². The molecule has 0 bridgehead atoms. The summed E-state index contributed by atoms with van der Waals surface area (Å²) in [6.45, 7) is 15.1. The van der Waals surface area contributed by atoms with Crippen molar-refractivity contribution in [1.82, 2.24) is 0 Å². The fourth-order valence-electron chi connectivity index (χ4n) is 2.93. The SMILES string of the molecule is CCc1c(C)c2c(c(O[Si](C)(C)C(C)(C)C)c1CC=O)C(=O)OC2. The molecule has 24 heavy (non-hydrogen) atoms. The zero-order valence-electron chi connectivity index (χ0n) is 15.8. The summed E-state index contributed by atoms with van der Waals surface area (Å²) in [5.74, 6) is 0.255. The molecule has 132 valence electrons. The Morgan fingerprint density at radius 1 is 1.25 bits per heavy atom. The summed E-state index contributed by atoms with van der Waals surface area (Å²) >= 11 is 0. The first kappa shape index (κ1) is 18.7. The molecule has 0 aliphatic carbocycles. The summed E-state index contributed by atoms with van der Waals surface area (Å²) in [6.07, 6.45) is 1.94. The number of ether oxygens (including phenoxy) is 1. The number of rotatable bonds is 5. The summed E-state index contributed by atoms with van der Waals surface area (Å²) < 4.78 is 11.8. The molecule has 1 heterocycles. The number of fused-ring (bicyclic) bond motifs is 1. The molecule has 0 saturated carbocycles. The molecule has 0 saturated heterocycles. The lowest BCUT2D eigenvalue weighted by Crippen LogP contribution is -2.44. The third-order valence-corrected chi connectivity index (χ3v) is 9.76. The van der Waals surface area contributed by atoms with Crippen LogP contribution in [-0.4, -0.2) is 20.6 Å². The van der Waals surface area contributed by atoms with Crippen molar-refractivity contribution in [3.8, 4) is 5.75 Å². The van der Waals surface area contributed by atoms with Crippen molar-refractivity contribution in [1.29, 1.82) is 0 Å². The second kappa shape index (κ2) is 6.35. The quantitative estimate of drug-likeness (QED) is 0.451. The predicted octanol–water partition coefficient (Wildman–Crippen LogP) is 4.35. The van der Waals surface area contributed by atoms with E-state index in [0.717, 1.165) is 35.0 Å².